The van der Waals surface area contributed by atoms with Crippen LogP contribution in [0.25, 0.3) is 5.57 Å². The Labute approximate surface area is 184 Å². The molecule has 148 valence electrons. The Morgan fingerprint density at radius 2 is 1.93 bits per heavy atom. The SMILES string of the molecule is C=CCN1CCCC1c1ccc(NC=C2C(=O)NC(=O)c3ccc(I)cc32)cc1. The van der Waals surface area contributed by atoms with Gasteiger partial charge in [0.2, 0.25) is 0 Å². The Morgan fingerprint density at radius 1 is 1.14 bits per heavy atom. The van der Waals surface area contributed by atoms with E-state index in [1.165, 1.54) is 12.0 Å². The number of benzene rings is 2. The summed E-state index contributed by atoms with van der Waals surface area (Å²) < 4.78 is 0.972. The molecular weight excluding hydrogens is 477 g/mol. The van der Waals surface area contributed by atoms with Crippen molar-refractivity contribution in [3.8, 4) is 0 Å². The molecule has 29 heavy (non-hydrogen) atoms. The molecule has 2 aliphatic heterocycles. The Balaban J connectivity index is 1.54. The highest BCUT2D eigenvalue weighted by Gasteiger charge is 2.27. The first kappa shape index (κ1) is 19.8. The maximum atomic E-state index is 12.4. The average Bonchev–Trinajstić information content (AvgIpc) is 3.16. The van der Waals surface area contributed by atoms with E-state index in [0.717, 1.165) is 28.8 Å². The van der Waals surface area contributed by atoms with E-state index in [1.807, 2.05) is 30.3 Å². The van der Waals surface area contributed by atoms with Gasteiger partial charge in [-0.3, -0.25) is 19.8 Å². The van der Waals surface area contributed by atoms with Crippen LogP contribution in [0.5, 0.6) is 0 Å². The molecule has 0 radical (unpaired) electrons. The van der Waals surface area contributed by atoms with Crippen LogP contribution in [0.15, 0.2) is 61.3 Å². The molecule has 2 aromatic carbocycles. The van der Waals surface area contributed by atoms with Crippen molar-refractivity contribution in [1.82, 2.24) is 10.2 Å². The van der Waals surface area contributed by atoms with Gasteiger partial charge in [-0.25, -0.2) is 0 Å². The summed E-state index contributed by atoms with van der Waals surface area (Å²) in [7, 11) is 0. The van der Waals surface area contributed by atoms with Crippen molar-refractivity contribution >= 4 is 45.7 Å². The van der Waals surface area contributed by atoms with Crippen LogP contribution < -0.4 is 10.6 Å². The maximum Gasteiger partial charge on any atom is 0.260 e. The number of likely N-dealkylation sites (tertiary alicyclic amines) is 1. The van der Waals surface area contributed by atoms with Gasteiger partial charge in [0.1, 0.15) is 0 Å². The lowest BCUT2D eigenvalue weighted by atomic mass is 9.95. The molecule has 1 fully saturated rings. The number of fused-ring (bicyclic) bond motifs is 1. The van der Waals surface area contributed by atoms with Gasteiger partial charge >= 0.3 is 0 Å². The molecule has 6 heteroatoms. The standard InChI is InChI=1S/C23H22IN3O2/c1-2-11-27-12-3-4-21(27)15-5-8-17(9-6-15)25-14-20-19-13-16(24)7-10-18(19)22(28)26-23(20)29/h2,5-10,13-14,21,25H,1,3-4,11-12H2,(H,26,28,29). The van der Waals surface area contributed by atoms with Gasteiger partial charge in [-0.1, -0.05) is 18.2 Å². The molecule has 5 nitrogen and oxygen atoms in total. The Kier molecular flexibility index (Phi) is 5.82. The van der Waals surface area contributed by atoms with Gasteiger partial charge in [0.05, 0.1) is 5.57 Å². The van der Waals surface area contributed by atoms with Crippen molar-refractivity contribution in [2.45, 2.75) is 18.9 Å². The van der Waals surface area contributed by atoms with Gasteiger partial charge in [-0.2, -0.15) is 0 Å². The fourth-order valence-corrected chi connectivity index (χ4v) is 4.48. The third-order valence-electron chi connectivity index (χ3n) is 5.39. The molecule has 2 aliphatic rings. The Bertz CT molecular complexity index is 998. The molecule has 0 saturated carbocycles. The summed E-state index contributed by atoms with van der Waals surface area (Å²) in [6.45, 7) is 5.87. The molecule has 1 saturated heterocycles. The zero-order valence-electron chi connectivity index (χ0n) is 16.0. The minimum Gasteiger partial charge on any atom is -0.361 e. The van der Waals surface area contributed by atoms with Crippen LogP contribution in [0.4, 0.5) is 5.69 Å². The lowest BCUT2D eigenvalue weighted by molar-refractivity contribution is -0.114. The number of hydrogen-bond acceptors (Lipinski definition) is 4. The number of halogens is 1. The van der Waals surface area contributed by atoms with E-state index in [0.29, 0.717) is 22.7 Å². The minimum atomic E-state index is -0.389. The van der Waals surface area contributed by atoms with Crippen molar-refractivity contribution < 1.29 is 9.59 Å². The number of carbonyl (C=O) groups excluding carboxylic acids is 2. The highest BCUT2D eigenvalue weighted by molar-refractivity contribution is 14.1. The maximum absolute atomic E-state index is 12.4. The molecule has 2 heterocycles. The second kappa shape index (κ2) is 8.51. The molecule has 1 unspecified atom stereocenters. The van der Waals surface area contributed by atoms with Crippen molar-refractivity contribution in [3.05, 3.63) is 81.6 Å². The molecule has 2 N–H and O–H groups in total. The fourth-order valence-electron chi connectivity index (χ4n) is 3.99. The normalized spacial score (nSPS) is 20.4. The quantitative estimate of drug-likeness (QED) is 0.278. The van der Waals surface area contributed by atoms with E-state index in [1.54, 1.807) is 12.3 Å². The van der Waals surface area contributed by atoms with Gasteiger partial charge in [-0.05, 0) is 77.9 Å². The van der Waals surface area contributed by atoms with Crippen LogP contribution >= 0.6 is 22.6 Å². The van der Waals surface area contributed by atoms with Crippen LogP contribution in [0.2, 0.25) is 0 Å². The van der Waals surface area contributed by atoms with Crippen LogP contribution in [-0.2, 0) is 4.79 Å². The van der Waals surface area contributed by atoms with Crippen LogP contribution in [0.1, 0.15) is 40.4 Å². The van der Waals surface area contributed by atoms with Crippen LogP contribution in [-0.4, -0.2) is 29.8 Å². The smallest absolute Gasteiger partial charge is 0.260 e. The zero-order valence-corrected chi connectivity index (χ0v) is 18.1. The Morgan fingerprint density at radius 3 is 2.69 bits per heavy atom. The van der Waals surface area contributed by atoms with Crippen LogP contribution in [0.3, 0.4) is 0 Å². The number of carbonyl (C=O) groups is 2. The number of amides is 2. The fraction of sp³-hybridized carbons (Fsp3) is 0.217. The van der Waals surface area contributed by atoms with Gasteiger partial charge in [0.25, 0.3) is 11.8 Å². The molecule has 4 rings (SSSR count). The lowest BCUT2D eigenvalue weighted by Crippen LogP contribution is -2.36. The van der Waals surface area contributed by atoms with Crippen molar-refractivity contribution in [3.63, 3.8) is 0 Å². The number of rotatable bonds is 5. The largest absolute Gasteiger partial charge is 0.361 e. The van der Waals surface area contributed by atoms with E-state index in [2.05, 4.69) is 56.8 Å². The summed E-state index contributed by atoms with van der Waals surface area (Å²) in [5.74, 6) is -0.747. The average molecular weight is 499 g/mol. The van der Waals surface area contributed by atoms with Crippen LogP contribution in [0, 0.1) is 3.57 Å². The number of imide groups is 1. The van der Waals surface area contributed by atoms with Gasteiger partial charge in [0.15, 0.2) is 0 Å². The molecule has 2 aromatic rings. The molecular formula is C23H22IN3O2. The monoisotopic (exact) mass is 499 g/mol. The predicted octanol–water partition coefficient (Wildman–Crippen LogP) is 4.34. The molecule has 0 aromatic heterocycles. The van der Waals surface area contributed by atoms with E-state index in [9.17, 15) is 9.59 Å². The van der Waals surface area contributed by atoms with E-state index < -0.39 is 0 Å². The first-order valence-electron chi connectivity index (χ1n) is 9.64. The number of hydrogen-bond donors (Lipinski definition) is 2. The summed E-state index contributed by atoms with van der Waals surface area (Å²) in [5.41, 5.74) is 3.81. The zero-order chi connectivity index (χ0) is 20.4. The van der Waals surface area contributed by atoms with Gasteiger partial charge in [-0.15, -0.1) is 6.58 Å². The number of nitrogens with zero attached hydrogens (tertiary/aromatic N) is 1. The molecule has 0 spiro atoms. The molecule has 0 bridgehead atoms. The summed E-state index contributed by atoms with van der Waals surface area (Å²) in [6.07, 6.45) is 6.00. The molecule has 0 aliphatic carbocycles. The number of nitrogens with one attached hydrogen (secondary N) is 2. The minimum absolute atomic E-state index is 0.358. The molecule has 2 amide bonds. The second-order valence-electron chi connectivity index (χ2n) is 7.24. The summed E-state index contributed by atoms with van der Waals surface area (Å²) in [4.78, 5) is 26.9. The predicted molar refractivity (Wildman–Crippen MR) is 123 cm³/mol. The molecule has 1 atom stereocenters. The highest BCUT2D eigenvalue weighted by Crippen LogP contribution is 2.32. The first-order chi connectivity index (χ1) is 14.1. The van der Waals surface area contributed by atoms with E-state index in [4.69, 9.17) is 0 Å². The Hall–Kier alpha value is -2.45. The second-order valence-corrected chi connectivity index (χ2v) is 8.48. The van der Waals surface area contributed by atoms with Crippen molar-refractivity contribution in [2.75, 3.05) is 18.4 Å². The summed E-state index contributed by atoms with van der Waals surface area (Å²) >= 11 is 2.18. The van der Waals surface area contributed by atoms with Crippen molar-refractivity contribution in [1.29, 1.82) is 0 Å². The van der Waals surface area contributed by atoms with Crippen molar-refractivity contribution in [2.24, 2.45) is 0 Å². The lowest BCUT2D eigenvalue weighted by Gasteiger charge is -2.23. The van der Waals surface area contributed by atoms with E-state index >= 15 is 0 Å². The third-order valence-corrected chi connectivity index (χ3v) is 6.06. The first-order valence-corrected chi connectivity index (χ1v) is 10.7. The van der Waals surface area contributed by atoms with Gasteiger partial charge < -0.3 is 5.32 Å². The third kappa shape index (κ3) is 4.13. The van der Waals surface area contributed by atoms with Gasteiger partial charge in [0, 0.05) is 39.2 Å². The summed E-state index contributed by atoms with van der Waals surface area (Å²) in [5, 5.41) is 5.61. The number of anilines is 1. The van der Waals surface area contributed by atoms with E-state index in [-0.39, 0.29) is 11.8 Å². The topological polar surface area (TPSA) is 61.4 Å². The summed E-state index contributed by atoms with van der Waals surface area (Å²) in [6, 6.07) is 14.2. The highest BCUT2D eigenvalue weighted by atomic mass is 127.